The van der Waals surface area contributed by atoms with E-state index in [0.29, 0.717) is 11.1 Å². The lowest BCUT2D eigenvalue weighted by molar-refractivity contribution is -0.0812. The fourth-order valence-electron chi connectivity index (χ4n) is 2.05. The largest absolute Gasteiger partial charge is 0.511 e. The van der Waals surface area contributed by atoms with Crippen LogP contribution in [-0.4, -0.2) is 30.1 Å². The smallest absolute Gasteiger partial charge is 0.507 e. The van der Waals surface area contributed by atoms with Gasteiger partial charge in [0.1, 0.15) is 17.1 Å². The zero-order chi connectivity index (χ0) is 18.4. The summed E-state index contributed by atoms with van der Waals surface area (Å²) in [5.74, 6) is -1.55. The van der Waals surface area contributed by atoms with Crippen molar-refractivity contribution in [2.75, 3.05) is 6.61 Å². The zero-order valence-corrected chi connectivity index (χ0v) is 13.7. The maximum absolute atomic E-state index is 13.0. The van der Waals surface area contributed by atoms with Gasteiger partial charge in [0.15, 0.2) is 0 Å². The average Bonchev–Trinajstić information content (AvgIpc) is 2.56. The molecule has 0 radical (unpaired) electrons. The number of carbonyl (C=O) groups is 2. The van der Waals surface area contributed by atoms with Crippen molar-refractivity contribution >= 4 is 12.1 Å². The maximum Gasteiger partial charge on any atom is 0.511 e. The highest BCUT2D eigenvalue weighted by Gasteiger charge is 2.19. The van der Waals surface area contributed by atoms with Gasteiger partial charge in [-0.2, -0.15) is 0 Å². The summed E-state index contributed by atoms with van der Waals surface area (Å²) >= 11 is 0. The minimum atomic E-state index is -1.19. The van der Waals surface area contributed by atoms with Crippen molar-refractivity contribution < 1.29 is 33.3 Å². The van der Waals surface area contributed by atoms with E-state index in [9.17, 15) is 19.1 Å². The van der Waals surface area contributed by atoms with E-state index in [0.717, 1.165) is 0 Å². The van der Waals surface area contributed by atoms with Crippen LogP contribution in [0.25, 0.3) is 11.1 Å². The highest BCUT2D eigenvalue weighted by Crippen LogP contribution is 2.27. The highest BCUT2D eigenvalue weighted by molar-refractivity contribution is 5.94. The second-order valence-electron chi connectivity index (χ2n) is 5.01. The number of esters is 1. The van der Waals surface area contributed by atoms with Gasteiger partial charge < -0.3 is 19.3 Å². The van der Waals surface area contributed by atoms with Gasteiger partial charge in [0.2, 0.25) is 6.29 Å². The Hall–Kier alpha value is -3.09. The molecule has 0 fully saturated rings. The molecule has 1 atom stereocenters. The third kappa shape index (κ3) is 4.94. The molecule has 0 aromatic heterocycles. The zero-order valence-electron chi connectivity index (χ0n) is 13.7. The number of carbonyl (C=O) groups excluding carboxylic acids is 2. The molecule has 0 spiro atoms. The lowest BCUT2D eigenvalue weighted by Crippen LogP contribution is -2.22. The summed E-state index contributed by atoms with van der Waals surface area (Å²) in [6, 6.07) is 9.98. The van der Waals surface area contributed by atoms with Crippen LogP contribution >= 0.6 is 0 Å². The first-order valence-electron chi connectivity index (χ1n) is 7.54. The van der Waals surface area contributed by atoms with Gasteiger partial charge in [-0.1, -0.05) is 18.2 Å². The number of benzene rings is 2. The molecule has 7 heteroatoms. The summed E-state index contributed by atoms with van der Waals surface area (Å²) in [5, 5.41) is 9.88. The van der Waals surface area contributed by atoms with Crippen molar-refractivity contribution in [3.63, 3.8) is 0 Å². The standard InChI is InChI=1S/C18H17FO6/c1-3-23-18(22)25-11(2)24-17(21)15-10-13(6-9-16(15)20)12-4-7-14(19)8-5-12/h4-11,20H,3H2,1-2H3. The Morgan fingerprint density at radius 1 is 1.08 bits per heavy atom. The van der Waals surface area contributed by atoms with Gasteiger partial charge in [0.25, 0.3) is 0 Å². The SMILES string of the molecule is CCOC(=O)OC(C)OC(=O)c1cc(-c2ccc(F)cc2)ccc1O. The first-order chi connectivity index (χ1) is 11.9. The van der Waals surface area contributed by atoms with E-state index >= 15 is 0 Å². The Bertz CT molecular complexity index is 757. The quantitative estimate of drug-likeness (QED) is 0.652. The summed E-state index contributed by atoms with van der Waals surface area (Å²) in [6.07, 6.45) is -2.16. The predicted octanol–water partition coefficient (Wildman–Crippen LogP) is 3.87. The lowest BCUT2D eigenvalue weighted by Gasteiger charge is -2.14. The number of phenolic OH excluding ortho intramolecular Hbond substituents is 1. The van der Waals surface area contributed by atoms with Gasteiger partial charge >= 0.3 is 12.1 Å². The molecule has 2 rings (SSSR count). The molecule has 0 bridgehead atoms. The number of halogens is 1. The van der Waals surface area contributed by atoms with Crippen molar-refractivity contribution in [1.29, 1.82) is 0 Å². The van der Waals surface area contributed by atoms with Crippen LogP contribution in [0.2, 0.25) is 0 Å². The molecular formula is C18H17FO6. The van der Waals surface area contributed by atoms with Crippen molar-refractivity contribution in [2.24, 2.45) is 0 Å². The number of phenols is 1. The van der Waals surface area contributed by atoms with E-state index < -0.39 is 18.4 Å². The predicted molar refractivity (Wildman–Crippen MR) is 86.5 cm³/mol. The Kier molecular flexibility index (Phi) is 5.94. The molecule has 25 heavy (non-hydrogen) atoms. The third-order valence-corrected chi connectivity index (χ3v) is 3.19. The minimum Gasteiger partial charge on any atom is -0.507 e. The van der Waals surface area contributed by atoms with Gasteiger partial charge in [-0.25, -0.2) is 14.0 Å². The molecule has 0 amide bonds. The minimum absolute atomic E-state index is 0.110. The molecule has 1 unspecified atom stereocenters. The molecule has 6 nitrogen and oxygen atoms in total. The van der Waals surface area contributed by atoms with E-state index in [1.54, 1.807) is 25.1 Å². The van der Waals surface area contributed by atoms with Gasteiger partial charge in [-0.3, -0.25) is 0 Å². The van der Waals surface area contributed by atoms with E-state index in [1.165, 1.54) is 31.2 Å². The number of hydrogen-bond donors (Lipinski definition) is 1. The summed E-state index contributed by atoms with van der Waals surface area (Å²) in [6.45, 7) is 3.08. The maximum atomic E-state index is 13.0. The van der Waals surface area contributed by atoms with Crippen LogP contribution in [0.1, 0.15) is 24.2 Å². The monoisotopic (exact) mass is 348 g/mol. The Balaban J connectivity index is 2.15. The van der Waals surface area contributed by atoms with Gasteiger partial charge in [0.05, 0.1) is 6.61 Å². The molecule has 0 aliphatic heterocycles. The normalized spacial score (nSPS) is 11.5. The number of rotatable bonds is 5. The number of aromatic hydroxyl groups is 1. The first kappa shape index (κ1) is 18.3. The van der Waals surface area contributed by atoms with Crippen molar-refractivity contribution in [3.8, 4) is 16.9 Å². The van der Waals surface area contributed by atoms with Crippen LogP contribution in [0.15, 0.2) is 42.5 Å². The van der Waals surface area contributed by atoms with E-state index in [-0.39, 0.29) is 23.7 Å². The second-order valence-corrected chi connectivity index (χ2v) is 5.01. The van der Waals surface area contributed by atoms with E-state index in [2.05, 4.69) is 4.74 Å². The van der Waals surface area contributed by atoms with Crippen LogP contribution in [0, 0.1) is 5.82 Å². The topological polar surface area (TPSA) is 82.1 Å². The number of hydrogen-bond acceptors (Lipinski definition) is 6. The lowest BCUT2D eigenvalue weighted by atomic mass is 10.0. The Labute approximate surface area is 143 Å². The van der Waals surface area contributed by atoms with Crippen LogP contribution in [0.4, 0.5) is 9.18 Å². The summed E-state index contributed by atoms with van der Waals surface area (Å²) < 4.78 is 27.3. The summed E-state index contributed by atoms with van der Waals surface area (Å²) in [7, 11) is 0. The Morgan fingerprint density at radius 3 is 2.36 bits per heavy atom. The third-order valence-electron chi connectivity index (χ3n) is 3.19. The Morgan fingerprint density at radius 2 is 1.72 bits per heavy atom. The molecule has 0 heterocycles. The first-order valence-corrected chi connectivity index (χ1v) is 7.54. The second kappa shape index (κ2) is 8.14. The van der Waals surface area contributed by atoms with Crippen molar-refractivity contribution in [3.05, 3.63) is 53.8 Å². The molecule has 0 aliphatic carbocycles. The van der Waals surface area contributed by atoms with Crippen LogP contribution < -0.4 is 0 Å². The fraction of sp³-hybridized carbons (Fsp3) is 0.222. The van der Waals surface area contributed by atoms with E-state index in [4.69, 9.17) is 9.47 Å². The molecule has 0 aliphatic rings. The van der Waals surface area contributed by atoms with Crippen molar-refractivity contribution in [1.82, 2.24) is 0 Å². The molecular weight excluding hydrogens is 331 g/mol. The molecule has 2 aromatic rings. The van der Waals surface area contributed by atoms with Crippen LogP contribution in [0.3, 0.4) is 0 Å². The van der Waals surface area contributed by atoms with Gasteiger partial charge in [0, 0.05) is 6.92 Å². The average molecular weight is 348 g/mol. The number of ether oxygens (including phenoxy) is 3. The molecule has 0 saturated heterocycles. The van der Waals surface area contributed by atoms with Gasteiger partial charge in [-0.15, -0.1) is 0 Å². The van der Waals surface area contributed by atoms with Crippen LogP contribution in [-0.2, 0) is 14.2 Å². The molecule has 132 valence electrons. The highest BCUT2D eigenvalue weighted by atomic mass is 19.1. The van der Waals surface area contributed by atoms with Crippen molar-refractivity contribution in [2.45, 2.75) is 20.1 Å². The fourth-order valence-corrected chi connectivity index (χ4v) is 2.05. The molecule has 0 saturated carbocycles. The summed E-state index contributed by atoms with van der Waals surface area (Å²) in [5.41, 5.74) is 1.14. The molecule has 1 N–H and O–H groups in total. The van der Waals surface area contributed by atoms with E-state index in [1.807, 2.05) is 0 Å². The van der Waals surface area contributed by atoms with Gasteiger partial charge in [-0.05, 0) is 42.3 Å². The molecule has 2 aromatic carbocycles. The summed E-state index contributed by atoms with van der Waals surface area (Å²) in [4.78, 5) is 23.4. The van der Waals surface area contributed by atoms with Crippen LogP contribution in [0.5, 0.6) is 5.75 Å².